The van der Waals surface area contributed by atoms with Gasteiger partial charge in [0.15, 0.2) is 0 Å². The van der Waals surface area contributed by atoms with Gasteiger partial charge >= 0.3 is 0 Å². The van der Waals surface area contributed by atoms with Crippen LogP contribution in [-0.2, 0) is 0 Å². The standard InChI is InChI=1S/C11H24O/c1-4-6-10(2)7-5-8-11(3)9-12/h10-12H,4-9H2,1-3H3. The summed E-state index contributed by atoms with van der Waals surface area (Å²) in [4.78, 5) is 0. The van der Waals surface area contributed by atoms with Crippen molar-refractivity contribution in [2.75, 3.05) is 6.61 Å². The first-order chi connectivity index (χ1) is 5.70. The number of hydrogen-bond acceptors (Lipinski definition) is 1. The van der Waals surface area contributed by atoms with Crippen LogP contribution >= 0.6 is 0 Å². The minimum Gasteiger partial charge on any atom is -0.396 e. The van der Waals surface area contributed by atoms with Crippen LogP contribution in [0.25, 0.3) is 0 Å². The molecule has 0 radical (unpaired) electrons. The van der Waals surface area contributed by atoms with E-state index in [4.69, 9.17) is 5.11 Å². The third kappa shape index (κ3) is 6.66. The predicted octanol–water partition coefficient (Wildman–Crippen LogP) is 3.22. The normalized spacial score (nSPS) is 16.0. The highest BCUT2D eigenvalue weighted by atomic mass is 16.3. The molecule has 0 aromatic carbocycles. The van der Waals surface area contributed by atoms with Crippen LogP contribution in [0.2, 0.25) is 0 Å². The molecule has 1 N–H and O–H groups in total. The fourth-order valence-electron chi connectivity index (χ4n) is 1.54. The van der Waals surface area contributed by atoms with Crippen LogP contribution < -0.4 is 0 Å². The molecule has 2 atom stereocenters. The van der Waals surface area contributed by atoms with E-state index >= 15 is 0 Å². The molecule has 12 heavy (non-hydrogen) atoms. The molecule has 0 saturated heterocycles. The van der Waals surface area contributed by atoms with Crippen LogP contribution in [0, 0.1) is 11.8 Å². The molecule has 0 amide bonds. The van der Waals surface area contributed by atoms with E-state index in [0.29, 0.717) is 12.5 Å². The first-order valence-corrected chi connectivity index (χ1v) is 5.31. The van der Waals surface area contributed by atoms with Crippen molar-refractivity contribution in [1.82, 2.24) is 0 Å². The van der Waals surface area contributed by atoms with Crippen LogP contribution in [0.4, 0.5) is 0 Å². The number of aliphatic hydroxyl groups is 1. The van der Waals surface area contributed by atoms with Gasteiger partial charge in [-0.1, -0.05) is 46.5 Å². The second kappa shape index (κ2) is 7.60. The molecule has 0 heterocycles. The van der Waals surface area contributed by atoms with Gasteiger partial charge in [-0.15, -0.1) is 0 Å². The Kier molecular flexibility index (Phi) is 7.58. The Labute approximate surface area is 77.2 Å². The van der Waals surface area contributed by atoms with Gasteiger partial charge in [-0.2, -0.15) is 0 Å². The van der Waals surface area contributed by atoms with Crippen LogP contribution in [0.1, 0.15) is 52.9 Å². The van der Waals surface area contributed by atoms with E-state index in [1.54, 1.807) is 0 Å². The second-order valence-corrected chi connectivity index (χ2v) is 4.11. The smallest absolute Gasteiger partial charge is 0.0456 e. The zero-order chi connectivity index (χ0) is 9.40. The molecule has 1 heteroatoms. The van der Waals surface area contributed by atoms with Gasteiger partial charge in [0.05, 0.1) is 0 Å². The topological polar surface area (TPSA) is 20.2 Å². The van der Waals surface area contributed by atoms with E-state index in [1.165, 1.54) is 32.1 Å². The van der Waals surface area contributed by atoms with Crippen LogP contribution in [0.5, 0.6) is 0 Å². The molecule has 74 valence electrons. The molecular weight excluding hydrogens is 148 g/mol. The summed E-state index contributed by atoms with van der Waals surface area (Å²) < 4.78 is 0. The zero-order valence-electron chi connectivity index (χ0n) is 8.84. The minimum atomic E-state index is 0.349. The first kappa shape index (κ1) is 12.0. The largest absolute Gasteiger partial charge is 0.396 e. The van der Waals surface area contributed by atoms with E-state index in [2.05, 4.69) is 20.8 Å². The fourth-order valence-corrected chi connectivity index (χ4v) is 1.54. The van der Waals surface area contributed by atoms with Gasteiger partial charge in [-0.3, -0.25) is 0 Å². The average Bonchev–Trinajstić information content (AvgIpc) is 2.04. The summed E-state index contributed by atoms with van der Waals surface area (Å²) in [7, 11) is 0. The highest BCUT2D eigenvalue weighted by molar-refractivity contribution is 4.55. The number of aliphatic hydroxyl groups excluding tert-OH is 1. The molecule has 0 spiro atoms. The minimum absolute atomic E-state index is 0.349. The lowest BCUT2D eigenvalue weighted by Crippen LogP contribution is -2.02. The summed E-state index contributed by atoms with van der Waals surface area (Å²) in [6.45, 7) is 7.03. The Morgan fingerprint density at radius 1 is 1.00 bits per heavy atom. The van der Waals surface area contributed by atoms with Crippen molar-refractivity contribution in [2.45, 2.75) is 52.9 Å². The molecule has 0 aliphatic heterocycles. The Morgan fingerprint density at radius 3 is 2.08 bits per heavy atom. The number of hydrogen-bond donors (Lipinski definition) is 1. The van der Waals surface area contributed by atoms with Crippen molar-refractivity contribution in [3.63, 3.8) is 0 Å². The molecule has 0 aromatic heterocycles. The van der Waals surface area contributed by atoms with Gasteiger partial charge in [0, 0.05) is 6.61 Å². The van der Waals surface area contributed by atoms with Crippen molar-refractivity contribution in [3.05, 3.63) is 0 Å². The van der Waals surface area contributed by atoms with Gasteiger partial charge in [-0.05, 0) is 18.3 Å². The Balaban J connectivity index is 3.18. The maximum Gasteiger partial charge on any atom is 0.0456 e. The van der Waals surface area contributed by atoms with Crippen molar-refractivity contribution in [3.8, 4) is 0 Å². The van der Waals surface area contributed by atoms with Gasteiger partial charge in [0.25, 0.3) is 0 Å². The quantitative estimate of drug-likeness (QED) is 0.625. The molecule has 1 nitrogen and oxygen atoms in total. The summed E-state index contributed by atoms with van der Waals surface area (Å²) >= 11 is 0. The second-order valence-electron chi connectivity index (χ2n) is 4.11. The molecule has 2 unspecified atom stereocenters. The van der Waals surface area contributed by atoms with Gasteiger partial charge in [0.1, 0.15) is 0 Å². The molecule has 0 aliphatic rings. The SMILES string of the molecule is CCCC(C)CCCC(C)CO. The summed E-state index contributed by atoms with van der Waals surface area (Å²) in [5, 5.41) is 8.80. The highest BCUT2D eigenvalue weighted by Crippen LogP contribution is 2.16. The van der Waals surface area contributed by atoms with Gasteiger partial charge in [-0.25, -0.2) is 0 Å². The summed E-state index contributed by atoms with van der Waals surface area (Å²) in [6.07, 6.45) is 6.45. The molecular formula is C11H24O. The van der Waals surface area contributed by atoms with E-state index < -0.39 is 0 Å². The lowest BCUT2D eigenvalue weighted by Gasteiger charge is -2.11. The van der Waals surface area contributed by atoms with Crippen LogP contribution in [0.3, 0.4) is 0 Å². The Hall–Kier alpha value is -0.0400. The summed E-state index contributed by atoms with van der Waals surface area (Å²) in [5.41, 5.74) is 0. The van der Waals surface area contributed by atoms with Crippen LogP contribution in [-0.4, -0.2) is 11.7 Å². The zero-order valence-corrected chi connectivity index (χ0v) is 8.84. The molecule has 0 rings (SSSR count). The fraction of sp³-hybridized carbons (Fsp3) is 1.00. The average molecular weight is 172 g/mol. The van der Waals surface area contributed by atoms with E-state index in [-0.39, 0.29) is 0 Å². The maximum absolute atomic E-state index is 8.80. The van der Waals surface area contributed by atoms with E-state index in [0.717, 1.165) is 5.92 Å². The van der Waals surface area contributed by atoms with E-state index in [1.807, 2.05) is 0 Å². The van der Waals surface area contributed by atoms with Crippen LogP contribution in [0.15, 0.2) is 0 Å². The lowest BCUT2D eigenvalue weighted by molar-refractivity contribution is 0.225. The molecule has 0 aliphatic carbocycles. The van der Waals surface area contributed by atoms with E-state index in [9.17, 15) is 0 Å². The lowest BCUT2D eigenvalue weighted by atomic mass is 9.96. The van der Waals surface area contributed by atoms with Crippen molar-refractivity contribution in [1.29, 1.82) is 0 Å². The predicted molar refractivity (Wildman–Crippen MR) is 54.2 cm³/mol. The molecule has 0 aromatic rings. The monoisotopic (exact) mass is 172 g/mol. The van der Waals surface area contributed by atoms with Crippen molar-refractivity contribution < 1.29 is 5.11 Å². The molecule has 0 saturated carbocycles. The van der Waals surface area contributed by atoms with Gasteiger partial charge in [0.2, 0.25) is 0 Å². The third-order valence-corrected chi connectivity index (χ3v) is 2.49. The Bertz CT molecular complexity index is 91.0. The number of rotatable bonds is 7. The first-order valence-electron chi connectivity index (χ1n) is 5.31. The van der Waals surface area contributed by atoms with Crippen molar-refractivity contribution >= 4 is 0 Å². The highest BCUT2D eigenvalue weighted by Gasteiger charge is 2.03. The summed E-state index contributed by atoms with van der Waals surface area (Å²) in [5.74, 6) is 1.37. The third-order valence-electron chi connectivity index (χ3n) is 2.49. The Morgan fingerprint density at radius 2 is 1.58 bits per heavy atom. The van der Waals surface area contributed by atoms with Gasteiger partial charge < -0.3 is 5.11 Å². The maximum atomic E-state index is 8.80. The molecule has 0 bridgehead atoms. The van der Waals surface area contributed by atoms with Crippen molar-refractivity contribution in [2.24, 2.45) is 11.8 Å². The molecule has 0 fully saturated rings. The summed E-state index contributed by atoms with van der Waals surface area (Å²) in [6, 6.07) is 0.